The fraction of sp³-hybridized carbons (Fsp3) is 1.00. The van der Waals surface area contributed by atoms with E-state index in [9.17, 15) is 0 Å². The maximum atomic E-state index is 5.08. The van der Waals surface area contributed by atoms with E-state index in [4.69, 9.17) is 4.74 Å². The van der Waals surface area contributed by atoms with Crippen LogP contribution in [0.1, 0.15) is 27.7 Å². The van der Waals surface area contributed by atoms with E-state index in [0.717, 1.165) is 32.8 Å². The minimum atomic E-state index is 0.288. The molecule has 0 atom stereocenters. The number of hydrogen-bond donors (Lipinski definition) is 1. The van der Waals surface area contributed by atoms with E-state index < -0.39 is 0 Å². The molecule has 0 unspecified atom stereocenters. The van der Waals surface area contributed by atoms with E-state index in [0.29, 0.717) is 0 Å². The highest BCUT2D eigenvalue weighted by Gasteiger charge is 2.28. The van der Waals surface area contributed by atoms with Crippen LogP contribution in [0, 0.1) is 0 Å². The second kappa shape index (κ2) is 7.21. The standard InChI is InChI=1S/C9H20N2O.C2H6/c1-9(2)8-10-4-5-11(9)6-7-12-3;1-2/h10H,4-8H2,1-3H3;1-2H3. The minimum Gasteiger partial charge on any atom is -0.383 e. The molecule has 1 rings (SSSR count). The van der Waals surface area contributed by atoms with Crippen LogP contribution in [0.5, 0.6) is 0 Å². The van der Waals surface area contributed by atoms with Crippen molar-refractivity contribution >= 4 is 0 Å². The van der Waals surface area contributed by atoms with Crippen molar-refractivity contribution in [2.45, 2.75) is 33.2 Å². The average molecular weight is 202 g/mol. The molecule has 3 nitrogen and oxygen atoms in total. The zero-order valence-electron chi connectivity index (χ0n) is 10.4. The fourth-order valence-electron chi connectivity index (χ4n) is 1.64. The third-order valence-corrected chi connectivity index (χ3v) is 2.54. The van der Waals surface area contributed by atoms with E-state index in [1.54, 1.807) is 7.11 Å². The van der Waals surface area contributed by atoms with Gasteiger partial charge in [-0.3, -0.25) is 4.90 Å². The summed E-state index contributed by atoms with van der Waals surface area (Å²) in [6, 6.07) is 0. The van der Waals surface area contributed by atoms with Crippen LogP contribution in [0.15, 0.2) is 0 Å². The number of hydrogen-bond acceptors (Lipinski definition) is 3. The molecule has 1 fully saturated rings. The second-order valence-corrected chi connectivity index (χ2v) is 3.97. The molecular formula is C11H26N2O. The number of piperazine rings is 1. The number of nitrogens with one attached hydrogen (secondary N) is 1. The van der Waals surface area contributed by atoms with E-state index in [2.05, 4.69) is 24.1 Å². The Balaban J connectivity index is 0.000000791. The first-order valence-electron chi connectivity index (χ1n) is 5.61. The van der Waals surface area contributed by atoms with Gasteiger partial charge in [0, 0.05) is 38.8 Å². The van der Waals surface area contributed by atoms with Crippen molar-refractivity contribution in [3.63, 3.8) is 0 Å². The average Bonchev–Trinajstić information content (AvgIpc) is 2.19. The molecule has 0 saturated carbocycles. The summed E-state index contributed by atoms with van der Waals surface area (Å²) in [4.78, 5) is 2.48. The first-order chi connectivity index (χ1) is 6.67. The second-order valence-electron chi connectivity index (χ2n) is 3.97. The molecule has 0 aromatic heterocycles. The van der Waals surface area contributed by atoms with Crippen LogP contribution in [-0.4, -0.2) is 50.3 Å². The van der Waals surface area contributed by atoms with Crippen molar-refractivity contribution in [2.75, 3.05) is 39.9 Å². The van der Waals surface area contributed by atoms with E-state index in [1.165, 1.54) is 0 Å². The van der Waals surface area contributed by atoms with Gasteiger partial charge >= 0.3 is 0 Å². The number of nitrogens with zero attached hydrogens (tertiary/aromatic N) is 1. The lowest BCUT2D eigenvalue weighted by molar-refractivity contribution is 0.0580. The molecule has 0 bridgehead atoms. The summed E-state index contributed by atoms with van der Waals surface area (Å²) in [5.74, 6) is 0. The summed E-state index contributed by atoms with van der Waals surface area (Å²) in [6.07, 6.45) is 0. The van der Waals surface area contributed by atoms with Gasteiger partial charge < -0.3 is 10.1 Å². The largest absolute Gasteiger partial charge is 0.383 e. The Morgan fingerprint density at radius 3 is 2.50 bits per heavy atom. The monoisotopic (exact) mass is 202 g/mol. The van der Waals surface area contributed by atoms with Crippen molar-refractivity contribution in [1.82, 2.24) is 10.2 Å². The molecule has 86 valence electrons. The van der Waals surface area contributed by atoms with Crippen LogP contribution in [-0.2, 0) is 4.74 Å². The smallest absolute Gasteiger partial charge is 0.0589 e. The number of ether oxygens (including phenoxy) is 1. The highest BCUT2D eigenvalue weighted by molar-refractivity contribution is 4.87. The molecule has 1 N–H and O–H groups in total. The third kappa shape index (κ3) is 4.40. The van der Waals surface area contributed by atoms with Crippen molar-refractivity contribution in [1.29, 1.82) is 0 Å². The molecule has 1 saturated heterocycles. The summed E-state index contributed by atoms with van der Waals surface area (Å²) in [6.45, 7) is 13.7. The summed E-state index contributed by atoms with van der Waals surface area (Å²) < 4.78 is 5.08. The van der Waals surface area contributed by atoms with E-state index in [1.807, 2.05) is 13.8 Å². The zero-order valence-corrected chi connectivity index (χ0v) is 10.4. The van der Waals surface area contributed by atoms with Crippen molar-refractivity contribution in [2.24, 2.45) is 0 Å². The molecule has 3 heteroatoms. The molecule has 0 amide bonds. The molecule has 1 aliphatic heterocycles. The van der Waals surface area contributed by atoms with Gasteiger partial charge in [-0.15, -0.1) is 0 Å². The fourth-order valence-corrected chi connectivity index (χ4v) is 1.64. The third-order valence-electron chi connectivity index (χ3n) is 2.54. The van der Waals surface area contributed by atoms with E-state index >= 15 is 0 Å². The first kappa shape index (κ1) is 13.9. The lowest BCUT2D eigenvalue weighted by Gasteiger charge is -2.42. The van der Waals surface area contributed by atoms with Crippen molar-refractivity contribution < 1.29 is 4.74 Å². The Morgan fingerprint density at radius 1 is 1.36 bits per heavy atom. The Morgan fingerprint density at radius 2 is 2.00 bits per heavy atom. The quantitative estimate of drug-likeness (QED) is 0.747. The van der Waals surface area contributed by atoms with Crippen molar-refractivity contribution in [3.05, 3.63) is 0 Å². The molecule has 0 spiro atoms. The maximum Gasteiger partial charge on any atom is 0.0589 e. The molecule has 0 radical (unpaired) electrons. The van der Waals surface area contributed by atoms with Gasteiger partial charge in [0.15, 0.2) is 0 Å². The predicted molar refractivity (Wildman–Crippen MR) is 61.7 cm³/mol. The highest BCUT2D eigenvalue weighted by atomic mass is 16.5. The molecule has 0 aromatic rings. The molecule has 0 aromatic carbocycles. The van der Waals surface area contributed by atoms with Gasteiger partial charge in [0.1, 0.15) is 0 Å². The molecule has 1 heterocycles. The first-order valence-corrected chi connectivity index (χ1v) is 5.61. The molecule has 0 aliphatic carbocycles. The van der Waals surface area contributed by atoms with Gasteiger partial charge in [-0.1, -0.05) is 13.8 Å². The van der Waals surface area contributed by atoms with Gasteiger partial charge in [-0.2, -0.15) is 0 Å². The van der Waals surface area contributed by atoms with Crippen LogP contribution in [0.25, 0.3) is 0 Å². The van der Waals surface area contributed by atoms with Gasteiger partial charge in [0.05, 0.1) is 6.61 Å². The van der Waals surface area contributed by atoms with Crippen LogP contribution in [0.4, 0.5) is 0 Å². The highest BCUT2D eigenvalue weighted by Crippen LogP contribution is 2.14. The Bertz CT molecular complexity index is 137. The molecule has 14 heavy (non-hydrogen) atoms. The summed E-state index contributed by atoms with van der Waals surface area (Å²) in [5, 5.41) is 3.40. The minimum absolute atomic E-state index is 0.288. The molecule has 1 aliphatic rings. The normalized spacial score (nSPS) is 21.2. The Labute approximate surface area is 88.8 Å². The van der Waals surface area contributed by atoms with Crippen LogP contribution in [0.2, 0.25) is 0 Å². The Hall–Kier alpha value is -0.120. The molecular weight excluding hydrogens is 176 g/mol. The zero-order chi connectivity index (χ0) is 11.0. The number of methoxy groups -OCH3 is 1. The predicted octanol–water partition coefficient (Wildman–Crippen LogP) is 1.34. The maximum absolute atomic E-state index is 5.08. The SMILES string of the molecule is CC.COCCN1CCNCC1(C)C. The summed E-state index contributed by atoms with van der Waals surface area (Å²) >= 11 is 0. The van der Waals surface area contributed by atoms with Crippen LogP contribution < -0.4 is 5.32 Å². The van der Waals surface area contributed by atoms with Crippen LogP contribution >= 0.6 is 0 Å². The van der Waals surface area contributed by atoms with Gasteiger partial charge in [-0.05, 0) is 13.8 Å². The van der Waals surface area contributed by atoms with Crippen molar-refractivity contribution in [3.8, 4) is 0 Å². The lowest BCUT2D eigenvalue weighted by atomic mass is 10.0. The summed E-state index contributed by atoms with van der Waals surface area (Å²) in [7, 11) is 1.76. The Kier molecular flexibility index (Phi) is 7.15. The van der Waals surface area contributed by atoms with Gasteiger partial charge in [-0.25, -0.2) is 0 Å². The van der Waals surface area contributed by atoms with Gasteiger partial charge in [0.2, 0.25) is 0 Å². The van der Waals surface area contributed by atoms with Gasteiger partial charge in [0.25, 0.3) is 0 Å². The van der Waals surface area contributed by atoms with E-state index in [-0.39, 0.29) is 5.54 Å². The summed E-state index contributed by atoms with van der Waals surface area (Å²) in [5.41, 5.74) is 0.288. The number of rotatable bonds is 3. The lowest BCUT2D eigenvalue weighted by Crippen LogP contribution is -2.58. The van der Waals surface area contributed by atoms with Crippen LogP contribution in [0.3, 0.4) is 0 Å². The topological polar surface area (TPSA) is 24.5 Å².